The molecule has 2 aromatic rings. The van der Waals surface area contributed by atoms with Gasteiger partial charge in [0.2, 0.25) is 0 Å². The van der Waals surface area contributed by atoms with Crippen molar-refractivity contribution in [3.05, 3.63) is 63.5 Å². The van der Waals surface area contributed by atoms with Crippen LogP contribution in [0, 0.1) is 19.3 Å². The first kappa shape index (κ1) is 20.8. The number of amides is 2. The number of nitrogens with zero attached hydrogens (tertiary/aromatic N) is 1. The fourth-order valence-corrected chi connectivity index (χ4v) is 3.69. The van der Waals surface area contributed by atoms with Gasteiger partial charge in [0.1, 0.15) is 24.7 Å². The molecule has 0 radical (unpaired) electrons. The molecule has 1 saturated heterocycles. The minimum Gasteiger partial charge on any atom is -0.492 e. The molecule has 1 fully saturated rings. The van der Waals surface area contributed by atoms with Crippen molar-refractivity contribution in [1.82, 2.24) is 4.90 Å². The highest BCUT2D eigenvalue weighted by Crippen LogP contribution is 2.33. The van der Waals surface area contributed by atoms with Gasteiger partial charge < -0.3 is 9.47 Å². The molecule has 5 nitrogen and oxygen atoms in total. The van der Waals surface area contributed by atoms with E-state index >= 15 is 0 Å². The Balaban J connectivity index is 1.62. The van der Waals surface area contributed by atoms with Crippen molar-refractivity contribution < 1.29 is 19.1 Å². The first-order chi connectivity index (χ1) is 14.0. The van der Waals surface area contributed by atoms with Gasteiger partial charge in [0, 0.05) is 0 Å². The number of halogens is 1. The molecule has 0 aliphatic carbocycles. The smallest absolute Gasteiger partial charge is 0.293 e. The summed E-state index contributed by atoms with van der Waals surface area (Å²) in [6.07, 6.45) is 6.79. The standard InChI is InChI=1S/C22H18ClNO4S/c1-3-11-28-19-9-6-16(13-18(19)23)14-20-21(25)24(22(26)29-20)10-12-27-17-7-4-15(2)5-8-17/h1,4-9,13-14H,10-12H2,2H3. The lowest BCUT2D eigenvalue weighted by Gasteiger charge is -2.13. The van der Waals surface area contributed by atoms with Crippen LogP contribution in [0.1, 0.15) is 11.1 Å². The SMILES string of the molecule is C#CCOc1ccc(C=C2SC(=O)N(CCOc3ccc(C)cc3)C2=O)cc1Cl. The molecule has 0 N–H and O–H groups in total. The van der Waals surface area contributed by atoms with E-state index in [2.05, 4.69) is 5.92 Å². The van der Waals surface area contributed by atoms with Crippen LogP contribution in [0.25, 0.3) is 6.08 Å². The van der Waals surface area contributed by atoms with Crippen molar-refractivity contribution in [2.24, 2.45) is 0 Å². The van der Waals surface area contributed by atoms with Crippen molar-refractivity contribution >= 4 is 40.6 Å². The molecule has 0 saturated carbocycles. The second kappa shape index (κ2) is 9.55. The summed E-state index contributed by atoms with van der Waals surface area (Å²) in [4.78, 5) is 26.3. The zero-order valence-corrected chi connectivity index (χ0v) is 17.3. The maximum absolute atomic E-state index is 12.6. The Hall–Kier alpha value is -2.88. The van der Waals surface area contributed by atoms with Crippen LogP contribution in [0.3, 0.4) is 0 Å². The van der Waals surface area contributed by atoms with Crippen LogP contribution >= 0.6 is 23.4 Å². The maximum Gasteiger partial charge on any atom is 0.293 e. The predicted molar refractivity (Wildman–Crippen MR) is 115 cm³/mol. The molecule has 0 atom stereocenters. The van der Waals surface area contributed by atoms with Crippen LogP contribution in [0.2, 0.25) is 5.02 Å². The largest absolute Gasteiger partial charge is 0.492 e. The molecule has 3 rings (SSSR count). The zero-order valence-electron chi connectivity index (χ0n) is 15.7. The summed E-state index contributed by atoms with van der Waals surface area (Å²) >= 11 is 7.06. The van der Waals surface area contributed by atoms with E-state index in [1.54, 1.807) is 24.3 Å². The van der Waals surface area contributed by atoms with Crippen LogP contribution in [0.4, 0.5) is 4.79 Å². The van der Waals surface area contributed by atoms with Gasteiger partial charge in [-0.05, 0) is 54.6 Å². The summed E-state index contributed by atoms with van der Waals surface area (Å²) in [5.74, 6) is 3.17. The minimum absolute atomic E-state index is 0.114. The van der Waals surface area contributed by atoms with Gasteiger partial charge in [0.15, 0.2) is 0 Å². The summed E-state index contributed by atoms with van der Waals surface area (Å²) in [6.45, 7) is 2.50. The molecule has 0 aromatic heterocycles. The first-order valence-electron chi connectivity index (χ1n) is 8.78. The Morgan fingerprint density at radius 1 is 1.17 bits per heavy atom. The maximum atomic E-state index is 12.6. The molecule has 29 heavy (non-hydrogen) atoms. The van der Waals surface area contributed by atoms with Gasteiger partial charge in [-0.2, -0.15) is 0 Å². The van der Waals surface area contributed by atoms with Crippen molar-refractivity contribution in [3.8, 4) is 23.8 Å². The van der Waals surface area contributed by atoms with Gasteiger partial charge >= 0.3 is 0 Å². The number of hydrogen-bond acceptors (Lipinski definition) is 5. The van der Waals surface area contributed by atoms with Crippen LogP contribution in [-0.4, -0.2) is 35.8 Å². The molecule has 148 valence electrons. The molecule has 0 spiro atoms. The van der Waals surface area contributed by atoms with E-state index in [-0.39, 0.29) is 30.9 Å². The van der Waals surface area contributed by atoms with E-state index in [0.29, 0.717) is 27.0 Å². The number of aryl methyl sites for hydroxylation is 1. The third kappa shape index (κ3) is 5.35. The molecule has 1 heterocycles. The number of thioether (sulfide) groups is 1. The summed E-state index contributed by atoms with van der Waals surface area (Å²) < 4.78 is 10.9. The van der Waals surface area contributed by atoms with Gasteiger partial charge in [0.25, 0.3) is 11.1 Å². The molecule has 0 unspecified atom stereocenters. The fourth-order valence-electron chi connectivity index (χ4n) is 2.58. The molecule has 1 aliphatic heterocycles. The molecule has 7 heteroatoms. The third-order valence-corrected chi connectivity index (χ3v) is 5.25. The van der Waals surface area contributed by atoms with Crippen LogP contribution < -0.4 is 9.47 Å². The first-order valence-corrected chi connectivity index (χ1v) is 9.98. The zero-order chi connectivity index (χ0) is 20.8. The van der Waals surface area contributed by atoms with E-state index in [1.807, 2.05) is 31.2 Å². The molecule has 2 amide bonds. The molecule has 1 aliphatic rings. The monoisotopic (exact) mass is 427 g/mol. The highest BCUT2D eigenvalue weighted by Gasteiger charge is 2.34. The van der Waals surface area contributed by atoms with E-state index in [1.165, 1.54) is 4.90 Å². The lowest BCUT2D eigenvalue weighted by Crippen LogP contribution is -2.32. The van der Waals surface area contributed by atoms with Gasteiger partial charge in [-0.15, -0.1) is 6.42 Å². The molecule has 0 bridgehead atoms. The number of carbonyl (C=O) groups is 2. The van der Waals surface area contributed by atoms with Gasteiger partial charge in [-0.1, -0.05) is 41.3 Å². The molecule has 2 aromatic carbocycles. The lowest BCUT2D eigenvalue weighted by molar-refractivity contribution is -0.123. The molecular weight excluding hydrogens is 410 g/mol. The minimum atomic E-state index is -0.351. The third-order valence-electron chi connectivity index (χ3n) is 4.04. The van der Waals surface area contributed by atoms with E-state index < -0.39 is 0 Å². The van der Waals surface area contributed by atoms with Gasteiger partial charge in [0.05, 0.1) is 16.5 Å². The summed E-state index contributed by atoms with van der Waals surface area (Å²) in [5.41, 5.74) is 1.81. The van der Waals surface area contributed by atoms with E-state index in [0.717, 1.165) is 17.3 Å². The van der Waals surface area contributed by atoms with E-state index in [4.69, 9.17) is 27.5 Å². The number of benzene rings is 2. The number of imide groups is 1. The lowest BCUT2D eigenvalue weighted by atomic mass is 10.2. The van der Waals surface area contributed by atoms with Gasteiger partial charge in [-0.3, -0.25) is 14.5 Å². The van der Waals surface area contributed by atoms with Crippen molar-refractivity contribution in [2.75, 3.05) is 19.8 Å². The normalized spacial score (nSPS) is 14.9. The van der Waals surface area contributed by atoms with Crippen molar-refractivity contribution in [2.45, 2.75) is 6.92 Å². The quantitative estimate of drug-likeness (QED) is 0.470. The Morgan fingerprint density at radius 3 is 2.62 bits per heavy atom. The Labute approximate surface area is 178 Å². The summed E-state index contributed by atoms with van der Waals surface area (Å²) in [7, 11) is 0. The second-order valence-corrected chi connectivity index (χ2v) is 7.58. The average Bonchev–Trinajstić information content (AvgIpc) is 2.96. The van der Waals surface area contributed by atoms with E-state index in [9.17, 15) is 9.59 Å². The topological polar surface area (TPSA) is 55.8 Å². The van der Waals surface area contributed by atoms with Crippen molar-refractivity contribution in [1.29, 1.82) is 0 Å². The summed E-state index contributed by atoms with van der Waals surface area (Å²) in [6, 6.07) is 12.6. The number of hydrogen-bond donors (Lipinski definition) is 0. The Morgan fingerprint density at radius 2 is 1.93 bits per heavy atom. The Kier molecular flexibility index (Phi) is 6.86. The van der Waals surface area contributed by atoms with Crippen molar-refractivity contribution in [3.63, 3.8) is 0 Å². The highest BCUT2D eigenvalue weighted by atomic mass is 35.5. The molecular formula is C22H18ClNO4S. The number of rotatable bonds is 7. The highest BCUT2D eigenvalue weighted by molar-refractivity contribution is 8.18. The Bertz CT molecular complexity index is 995. The van der Waals surface area contributed by atoms with Crippen LogP contribution in [0.15, 0.2) is 47.4 Å². The number of ether oxygens (including phenoxy) is 2. The number of carbonyl (C=O) groups excluding carboxylic acids is 2. The van der Waals surface area contributed by atoms with Crippen LogP contribution in [-0.2, 0) is 4.79 Å². The van der Waals surface area contributed by atoms with Gasteiger partial charge in [-0.25, -0.2) is 0 Å². The summed E-state index contributed by atoms with van der Waals surface area (Å²) in [5, 5.41) is 0.0496. The predicted octanol–water partition coefficient (Wildman–Crippen LogP) is 4.78. The second-order valence-electron chi connectivity index (χ2n) is 6.18. The fraction of sp³-hybridized carbons (Fsp3) is 0.182. The van der Waals surface area contributed by atoms with Crippen LogP contribution in [0.5, 0.6) is 11.5 Å². The average molecular weight is 428 g/mol. The number of terminal acetylenes is 1.